The molecule has 1 atom stereocenters. The second kappa shape index (κ2) is 5.05. The van der Waals surface area contributed by atoms with Gasteiger partial charge < -0.3 is 9.47 Å². The van der Waals surface area contributed by atoms with Crippen molar-refractivity contribution in [1.29, 1.82) is 0 Å². The molecule has 1 fully saturated rings. The Hall–Kier alpha value is -1.44. The summed E-state index contributed by atoms with van der Waals surface area (Å²) in [4.78, 5) is 11.1. The summed E-state index contributed by atoms with van der Waals surface area (Å²) in [5.41, 5.74) is 1.74. The van der Waals surface area contributed by atoms with E-state index in [0.29, 0.717) is 6.61 Å². The SMILES string of the molecule is O=C(CS(=O)(=O)O)OCc1cccc(C2CO2)c1. The van der Waals surface area contributed by atoms with Crippen molar-refractivity contribution >= 4 is 16.1 Å². The Balaban J connectivity index is 1.89. The molecular weight excluding hydrogens is 260 g/mol. The molecule has 6 nitrogen and oxygen atoms in total. The van der Waals surface area contributed by atoms with Gasteiger partial charge in [-0.05, 0) is 17.2 Å². The number of ether oxygens (including phenoxy) is 2. The first-order valence-electron chi connectivity index (χ1n) is 5.25. The van der Waals surface area contributed by atoms with Crippen LogP contribution in [-0.4, -0.2) is 31.3 Å². The Morgan fingerprint density at radius 1 is 1.50 bits per heavy atom. The summed E-state index contributed by atoms with van der Waals surface area (Å²) in [7, 11) is -4.33. The lowest BCUT2D eigenvalue weighted by molar-refractivity contribution is -0.141. The highest BCUT2D eigenvalue weighted by Crippen LogP contribution is 2.29. The molecule has 1 unspecified atom stereocenters. The van der Waals surface area contributed by atoms with Crippen LogP contribution in [0.25, 0.3) is 0 Å². The van der Waals surface area contributed by atoms with Crippen molar-refractivity contribution in [3.05, 3.63) is 35.4 Å². The maximum absolute atomic E-state index is 11.1. The molecule has 0 aliphatic carbocycles. The van der Waals surface area contributed by atoms with Gasteiger partial charge in [-0.25, -0.2) is 0 Å². The highest BCUT2D eigenvalue weighted by atomic mass is 32.2. The largest absolute Gasteiger partial charge is 0.460 e. The fourth-order valence-electron chi connectivity index (χ4n) is 1.48. The number of carbonyl (C=O) groups is 1. The summed E-state index contributed by atoms with van der Waals surface area (Å²) in [6.45, 7) is 0.654. The number of hydrogen-bond donors (Lipinski definition) is 1. The maximum atomic E-state index is 11.1. The molecule has 1 heterocycles. The van der Waals surface area contributed by atoms with Crippen molar-refractivity contribution in [3.8, 4) is 0 Å². The first-order valence-corrected chi connectivity index (χ1v) is 6.86. The molecule has 0 spiro atoms. The van der Waals surface area contributed by atoms with E-state index in [4.69, 9.17) is 14.0 Å². The predicted octanol–water partition coefficient (Wildman–Crippen LogP) is 0.689. The lowest BCUT2D eigenvalue weighted by Crippen LogP contribution is -2.17. The molecule has 98 valence electrons. The standard InChI is InChI=1S/C11H12O6S/c12-11(7-18(13,14)15)17-5-8-2-1-3-9(4-8)10-6-16-10/h1-4,10H,5-7H2,(H,13,14,15). The summed E-state index contributed by atoms with van der Waals surface area (Å²) < 4.78 is 39.2. The average Bonchev–Trinajstić information content (AvgIpc) is 3.08. The zero-order valence-electron chi connectivity index (χ0n) is 9.40. The van der Waals surface area contributed by atoms with Crippen LogP contribution >= 0.6 is 0 Å². The van der Waals surface area contributed by atoms with Gasteiger partial charge >= 0.3 is 5.97 Å². The third-order valence-electron chi connectivity index (χ3n) is 2.36. The molecule has 1 aromatic carbocycles. The van der Waals surface area contributed by atoms with Crippen LogP contribution in [0.2, 0.25) is 0 Å². The van der Waals surface area contributed by atoms with E-state index in [9.17, 15) is 13.2 Å². The molecule has 1 N–H and O–H groups in total. The number of hydrogen-bond acceptors (Lipinski definition) is 5. The van der Waals surface area contributed by atoms with Crippen LogP contribution in [-0.2, 0) is 31.0 Å². The first kappa shape index (κ1) is 13.0. The van der Waals surface area contributed by atoms with Crippen LogP contribution in [0.3, 0.4) is 0 Å². The molecule has 1 aliphatic heterocycles. The molecule has 7 heteroatoms. The quantitative estimate of drug-likeness (QED) is 0.481. The topological polar surface area (TPSA) is 93.2 Å². The van der Waals surface area contributed by atoms with Gasteiger partial charge in [-0.15, -0.1) is 0 Å². The summed E-state index contributed by atoms with van der Waals surface area (Å²) >= 11 is 0. The van der Waals surface area contributed by atoms with Gasteiger partial charge in [0.1, 0.15) is 12.7 Å². The van der Waals surface area contributed by atoms with Gasteiger partial charge in [0.25, 0.3) is 10.1 Å². The highest BCUT2D eigenvalue weighted by Gasteiger charge is 2.24. The lowest BCUT2D eigenvalue weighted by Gasteiger charge is -2.05. The van der Waals surface area contributed by atoms with E-state index >= 15 is 0 Å². The zero-order valence-corrected chi connectivity index (χ0v) is 10.2. The average molecular weight is 272 g/mol. The molecule has 0 saturated carbocycles. The van der Waals surface area contributed by atoms with Gasteiger partial charge in [0.05, 0.1) is 6.61 Å². The molecule has 0 radical (unpaired) electrons. The minimum absolute atomic E-state index is 0.0328. The third-order valence-corrected chi connectivity index (χ3v) is 2.96. The highest BCUT2D eigenvalue weighted by molar-refractivity contribution is 7.86. The van der Waals surface area contributed by atoms with Gasteiger partial charge in [0.15, 0.2) is 5.75 Å². The Labute approximate surface area is 104 Å². The number of esters is 1. The van der Waals surface area contributed by atoms with Gasteiger partial charge in [-0.2, -0.15) is 8.42 Å². The van der Waals surface area contributed by atoms with Crippen molar-refractivity contribution in [2.24, 2.45) is 0 Å². The molecule has 18 heavy (non-hydrogen) atoms. The molecule has 2 rings (SSSR count). The monoisotopic (exact) mass is 272 g/mol. The van der Waals surface area contributed by atoms with E-state index in [-0.39, 0.29) is 12.7 Å². The van der Waals surface area contributed by atoms with Gasteiger partial charge in [-0.3, -0.25) is 9.35 Å². The minimum atomic E-state index is -4.33. The second-order valence-corrected chi connectivity index (χ2v) is 5.41. The third kappa shape index (κ3) is 4.10. The minimum Gasteiger partial charge on any atom is -0.460 e. The summed E-state index contributed by atoms with van der Waals surface area (Å²) in [6, 6.07) is 7.30. The fraction of sp³-hybridized carbons (Fsp3) is 0.364. The van der Waals surface area contributed by atoms with Crippen LogP contribution in [0.15, 0.2) is 24.3 Å². The van der Waals surface area contributed by atoms with Crippen LogP contribution in [0.4, 0.5) is 0 Å². The van der Waals surface area contributed by atoms with Crippen molar-refractivity contribution < 1.29 is 27.2 Å². The number of epoxide rings is 1. The van der Waals surface area contributed by atoms with E-state index in [2.05, 4.69) is 0 Å². The molecule has 1 saturated heterocycles. The maximum Gasteiger partial charge on any atom is 0.323 e. The van der Waals surface area contributed by atoms with Crippen molar-refractivity contribution in [1.82, 2.24) is 0 Å². The lowest BCUT2D eigenvalue weighted by atomic mass is 10.1. The molecule has 1 aromatic rings. The van der Waals surface area contributed by atoms with Gasteiger partial charge in [0, 0.05) is 0 Å². The normalized spacial score (nSPS) is 18.4. The number of benzene rings is 1. The Kier molecular flexibility index (Phi) is 3.65. The van der Waals surface area contributed by atoms with E-state index in [1.807, 2.05) is 18.2 Å². The van der Waals surface area contributed by atoms with Crippen molar-refractivity contribution in [3.63, 3.8) is 0 Å². The number of rotatable bonds is 5. The Bertz CT molecular complexity index is 546. The summed E-state index contributed by atoms with van der Waals surface area (Å²) in [5.74, 6) is -2.01. The van der Waals surface area contributed by atoms with Crippen LogP contribution in [0.1, 0.15) is 17.2 Å². The second-order valence-electron chi connectivity index (χ2n) is 3.95. The van der Waals surface area contributed by atoms with Gasteiger partial charge in [0.2, 0.25) is 0 Å². The number of carbonyl (C=O) groups excluding carboxylic acids is 1. The molecular formula is C11H12O6S. The van der Waals surface area contributed by atoms with E-state index in [0.717, 1.165) is 11.1 Å². The molecule has 0 amide bonds. The Morgan fingerprint density at radius 3 is 2.83 bits per heavy atom. The smallest absolute Gasteiger partial charge is 0.323 e. The van der Waals surface area contributed by atoms with Crippen LogP contribution < -0.4 is 0 Å². The zero-order chi connectivity index (χ0) is 13.2. The van der Waals surface area contributed by atoms with Gasteiger partial charge in [-0.1, -0.05) is 18.2 Å². The van der Waals surface area contributed by atoms with Crippen LogP contribution in [0, 0.1) is 0 Å². The van der Waals surface area contributed by atoms with E-state index in [1.54, 1.807) is 6.07 Å². The van der Waals surface area contributed by atoms with Crippen molar-refractivity contribution in [2.45, 2.75) is 12.7 Å². The molecule has 0 bridgehead atoms. The molecule has 1 aliphatic rings. The Morgan fingerprint density at radius 2 is 2.22 bits per heavy atom. The summed E-state index contributed by atoms with van der Waals surface area (Å²) in [5, 5.41) is 0. The van der Waals surface area contributed by atoms with Crippen molar-refractivity contribution in [2.75, 3.05) is 12.4 Å². The van der Waals surface area contributed by atoms with E-state index < -0.39 is 21.8 Å². The summed E-state index contributed by atoms with van der Waals surface area (Å²) in [6.07, 6.45) is 0.110. The van der Waals surface area contributed by atoms with E-state index in [1.165, 1.54) is 0 Å². The van der Waals surface area contributed by atoms with Crippen LogP contribution in [0.5, 0.6) is 0 Å². The first-order chi connectivity index (χ1) is 8.44. The molecule has 0 aromatic heterocycles. The predicted molar refractivity (Wildman–Crippen MR) is 61.3 cm³/mol. The fourth-order valence-corrected chi connectivity index (χ4v) is 1.86.